The van der Waals surface area contributed by atoms with Crippen molar-refractivity contribution in [2.75, 3.05) is 6.61 Å². The van der Waals surface area contributed by atoms with E-state index in [1.54, 1.807) is 0 Å². The predicted octanol–water partition coefficient (Wildman–Crippen LogP) is 2.30. The Morgan fingerprint density at radius 3 is 2.67 bits per heavy atom. The molecule has 0 radical (unpaired) electrons. The van der Waals surface area contributed by atoms with E-state index in [4.69, 9.17) is 4.74 Å². The van der Waals surface area contributed by atoms with Crippen molar-refractivity contribution in [3.05, 3.63) is 11.6 Å². The van der Waals surface area contributed by atoms with Gasteiger partial charge in [-0.2, -0.15) is 0 Å². The second-order valence-electron chi connectivity index (χ2n) is 3.26. The van der Waals surface area contributed by atoms with Gasteiger partial charge in [0.1, 0.15) is 0 Å². The van der Waals surface area contributed by atoms with Gasteiger partial charge in [0.25, 0.3) is 0 Å². The fraction of sp³-hybridized carbons (Fsp3) is 0.700. The lowest BCUT2D eigenvalue weighted by Gasteiger charge is -2.22. The van der Waals surface area contributed by atoms with Crippen LogP contribution in [-0.4, -0.2) is 12.6 Å². The minimum Gasteiger partial charge on any atom is -0.463 e. The summed E-state index contributed by atoms with van der Waals surface area (Å²) in [7, 11) is 0. The van der Waals surface area contributed by atoms with E-state index in [2.05, 4.69) is 0 Å². The van der Waals surface area contributed by atoms with Gasteiger partial charge in [0.15, 0.2) is 0 Å². The Morgan fingerprint density at radius 1 is 1.58 bits per heavy atom. The Bertz CT molecular complexity index is 190. The molecule has 0 aromatic carbocycles. The molecule has 0 spiro atoms. The zero-order chi connectivity index (χ0) is 8.97. The molecule has 1 rings (SSSR count). The molecular formula is C10H16O2. The summed E-state index contributed by atoms with van der Waals surface area (Å²) in [6.07, 6.45) is 5.81. The van der Waals surface area contributed by atoms with Gasteiger partial charge in [0, 0.05) is 5.57 Å². The molecule has 0 bridgehead atoms. The largest absolute Gasteiger partial charge is 0.463 e. The minimum atomic E-state index is -0.163. The van der Waals surface area contributed by atoms with Crippen LogP contribution in [0.3, 0.4) is 0 Å². The standard InChI is InChI=1S/C10H16O2/c1-3-12-10(11)8(2)7-9-5-4-6-9/h7,9H,3-6H2,1-2H3. The Balaban J connectivity index is 2.38. The number of carbonyl (C=O) groups is 1. The monoisotopic (exact) mass is 168 g/mol. The van der Waals surface area contributed by atoms with E-state index in [9.17, 15) is 4.79 Å². The van der Waals surface area contributed by atoms with Crippen LogP contribution >= 0.6 is 0 Å². The van der Waals surface area contributed by atoms with Gasteiger partial charge in [-0.25, -0.2) is 4.79 Å². The van der Waals surface area contributed by atoms with Crippen molar-refractivity contribution in [1.29, 1.82) is 0 Å². The summed E-state index contributed by atoms with van der Waals surface area (Å²) in [5.41, 5.74) is 0.765. The molecule has 0 unspecified atom stereocenters. The molecule has 1 saturated carbocycles. The summed E-state index contributed by atoms with van der Waals surface area (Å²) in [6.45, 7) is 4.12. The predicted molar refractivity (Wildman–Crippen MR) is 47.7 cm³/mol. The van der Waals surface area contributed by atoms with E-state index in [1.165, 1.54) is 19.3 Å². The third-order valence-electron chi connectivity index (χ3n) is 2.23. The van der Waals surface area contributed by atoms with E-state index in [-0.39, 0.29) is 5.97 Å². The number of esters is 1. The molecular weight excluding hydrogens is 152 g/mol. The molecule has 1 fully saturated rings. The number of hydrogen-bond acceptors (Lipinski definition) is 2. The molecule has 0 amide bonds. The number of carbonyl (C=O) groups excluding carboxylic acids is 1. The summed E-state index contributed by atoms with van der Waals surface area (Å²) in [5.74, 6) is 0.471. The van der Waals surface area contributed by atoms with Crippen molar-refractivity contribution in [3.63, 3.8) is 0 Å². The highest BCUT2D eigenvalue weighted by atomic mass is 16.5. The van der Waals surface area contributed by atoms with Gasteiger partial charge >= 0.3 is 5.97 Å². The van der Waals surface area contributed by atoms with Crippen LogP contribution in [0.4, 0.5) is 0 Å². The van der Waals surface area contributed by atoms with Crippen LogP contribution < -0.4 is 0 Å². The first kappa shape index (κ1) is 9.30. The zero-order valence-electron chi connectivity index (χ0n) is 7.80. The molecule has 0 aliphatic heterocycles. The lowest BCUT2D eigenvalue weighted by molar-refractivity contribution is -0.138. The molecule has 0 aromatic heterocycles. The molecule has 1 aliphatic carbocycles. The number of ether oxygens (including phenoxy) is 1. The number of rotatable bonds is 3. The van der Waals surface area contributed by atoms with Crippen LogP contribution in [0.15, 0.2) is 11.6 Å². The minimum absolute atomic E-state index is 0.163. The maximum atomic E-state index is 11.1. The quantitative estimate of drug-likeness (QED) is 0.477. The fourth-order valence-corrected chi connectivity index (χ4v) is 1.27. The van der Waals surface area contributed by atoms with E-state index in [0.717, 1.165) is 5.57 Å². The molecule has 2 nitrogen and oxygen atoms in total. The van der Waals surface area contributed by atoms with Crippen molar-refractivity contribution in [2.24, 2.45) is 5.92 Å². The topological polar surface area (TPSA) is 26.3 Å². The Labute approximate surface area is 73.6 Å². The van der Waals surface area contributed by atoms with Gasteiger partial charge in [0.05, 0.1) is 6.61 Å². The Kier molecular flexibility index (Phi) is 3.32. The van der Waals surface area contributed by atoms with E-state index in [0.29, 0.717) is 12.5 Å². The second kappa shape index (κ2) is 4.29. The lowest BCUT2D eigenvalue weighted by Crippen LogP contribution is -2.12. The van der Waals surface area contributed by atoms with Gasteiger partial charge in [-0.15, -0.1) is 0 Å². The zero-order valence-corrected chi connectivity index (χ0v) is 7.80. The van der Waals surface area contributed by atoms with Crippen LogP contribution in [0.25, 0.3) is 0 Å². The maximum absolute atomic E-state index is 11.1. The molecule has 1 aliphatic rings. The first-order valence-electron chi connectivity index (χ1n) is 4.59. The highest BCUT2D eigenvalue weighted by Crippen LogP contribution is 2.28. The molecule has 0 heterocycles. The SMILES string of the molecule is CCOC(=O)C(C)=CC1CCC1. The van der Waals surface area contributed by atoms with Gasteiger partial charge in [-0.05, 0) is 32.6 Å². The second-order valence-corrected chi connectivity index (χ2v) is 3.26. The number of allylic oxidation sites excluding steroid dienone is 1. The molecule has 12 heavy (non-hydrogen) atoms. The fourth-order valence-electron chi connectivity index (χ4n) is 1.27. The molecule has 0 atom stereocenters. The van der Waals surface area contributed by atoms with Crippen LogP contribution in [0.2, 0.25) is 0 Å². The highest BCUT2D eigenvalue weighted by Gasteiger charge is 2.16. The first-order valence-corrected chi connectivity index (χ1v) is 4.59. The van der Waals surface area contributed by atoms with Crippen LogP contribution in [0.1, 0.15) is 33.1 Å². The van der Waals surface area contributed by atoms with E-state index >= 15 is 0 Å². The Morgan fingerprint density at radius 2 is 2.25 bits per heavy atom. The molecule has 2 heteroatoms. The first-order chi connectivity index (χ1) is 5.74. The van der Waals surface area contributed by atoms with Gasteiger partial charge in [0.2, 0.25) is 0 Å². The smallest absolute Gasteiger partial charge is 0.333 e. The number of hydrogen-bond donors (Lipinski definition) is 0. The molecule has 0 saturated heterocycles. The van der Waals surface area contributed by atoms with E-state index in [1.807, 2.05) is 19.9 Å². The van der Waals surface area contributed by atoms with Crippen molar-refractivity contribution >= 4 is 5.97 Å². The summed E-state index contributed by atoms with van der Waals surface area (Å²) in [4.78, 5) is 11.1. The summed E-state index contributed by atoms with van der Waals surface area (Å²) < 4.78 is 4.87. The van der Waals surface area contributed by atoms with Gasteiger partial charge < -0.3 is 4.74 Å². The molecule has 0 N–H and O–H groups in total. The maximum Gasteiger partial charge on any atom is 0.333 e. The van der Waals surface area contributed by atoms with Crippen molar-refractivity contribution < 1.29 is 9.53 Å². The Hall–Kier alpha value is -0.790. The summed E-state index contributed by atoms with van der Waals surface area (Å²) >= 11 is 0. The van der Waals surface area contributed by atoms with Gasteiger partial charge in [-0.1, -0.05) is 12.5 Å². The average Bonchev–Trinajstić information content (AvgIpc) is 1.97. The third-order valence-corrected chi connectivity index (χ3v) is 2.23. The summed E-state index contributed by atoms with van der Waals surface area (Å²) in [6, 6.07) is 0. The molecule has 0 aromatic rings. The highest BCUT2D eigenvalue weighted by molar-refractivity contribution is 5.87. The third kappa shape index (κ3) is 2.36. The average molecular weight is 168 g/mol. The van der Waals surface area contributed by atoms with Crippen molar-refractivity contribution in [2.45, 2.75) is 33.1 Å². The summed E-state index contributed by atoms with van der Waals surface area (Å²) in [5, 5.41) is 0. The normalized spacial score (nSPS) is 18.7. The van der Waals surface area contributed by atoms with Crippen molar-refractivity contribution in [3.8, 4) is 0 Å². The van der Waals surface area contributed by atoms with Crippen LogP contribution in [0, 0.1) is 5.92 Å². The van der Waals surface area contributed by atoms with E-state index < -0.39 is 0 Å². The van der Waals surface area contributed by atoms with Gasteiger partial charge in [-0.3, -0.25) is 0 Å². The lowest BCUT2D eigenvalue weighted by atomic mass is 9.84. The van der Waals surface area contributed by atoms with Crippen LogP contribution in [-0.2, 0) is 9.53 Å². The van der Waals surface area contributed by atoms with Crippen molar-refractivity contribution in [1.82, 2.24) is 0 Å². The van der Waals surface area contributed by atoms with Crippen LogP contribution in [0.5, 0.6) is 0 Å². The molecule has 68 valence electrons.